The molecule has 0 spiro atoms. The fourth-order valence-corrected chi connectivity index (χ4v) is 2.07. The van der Waals surface area contributed by atoms with Gasteiger partial charge >= 0.3 is 0 Å². The average Bonchev–Trinajstić information content (AvgIpc) is 2.35. The second-order valence-electron chi connectivity index (χ2n) is 4.10. The van der Waals surface area contributed by atoms with E-state index in [-0.39, 0.29) is 5.91 Å². The Balaban J connectivity index is 2.11. The van der Waals surface area contributed by atoms with E-state index in [1.54, 1.807) is 0 Å². The van der Waals surface area contributed by atoms with Gasteiger partial charge < -0.3 is 10.6 Å². The van der Waals surface area contributed by atoms with Crippen molar-refractivity contribution in [3.63, 3.8) is 0 Å². The van der Waals surface area contributed by atoms with Gasteiger partial charge in [-0.05, 0) is 30.0 Å². The van der Waals surface area contributed by atoms with Crippen molar-refractivity contribution in [1.82, 2.24) is 5.32 Å². The van der Waals surface area contributed by atoms with Crippen LogP contribution in [0.3, 0.4) is 0 Å². The number of carbonyl (C=O) groups is 1. The molecule has 16 heavy (non-hydrogen) atoms. The Morgan fingerprint density at radius 3 is 3.19 bits per heavy atom. The van der Waals surface area contributed by atoms with E-state index in [1.807, 2.05) is 13.0 Å². The van der Waals surface area contributed by atoms with Crippen molar-refractivity contribution in [1.29, 1.82) is 0 Å². The van der Waals surface area contributed by atoms with Crippen LogP contribution in [0.1, 0.15) is 30.9 Å². The number of hydrogen-bond donors (Lipinski definition) is 2. The van der Waals surface area contributed by atoms with E-state index in [0.717, 1.165) is 13.0 Å². The average molecular weight is 218 g/mol. The summed E-state index contributed by atoms with van der Waals surface area (Å²) in [6.07, 6.45) is 2.83. The molecule has 0 saturated carbocycles. The number of hydrogen-bond acceptors (Lipinski definition) is 2. The first-order valence-corrected chi connectivity index (χ1v) is 5.92. The predicted octanol–water partition coefficient (Wildman–Crippen LogP) is 2.07. The minimum Gasteiger partial charge on any atom is -0.385 e. The largest absolute Gasteiger partial charge is 0.385 e. The monoisotopic (exact) mass is 218 g/mol. The van der Waals surface area contributed by atoms with Gasteiger partial charge in [0.25, 0.3) is 0 Å². The molecular formula is C13H18N2O. The molecule has 0 saturated heterocycles. The summed E-state index contributed by atoms with van der Waals surface area (Å²) in [5.41, 5.74) is 3.84. The highest BCUT2D eigenvalue weighted by atomic mass is 16.1. The van der Waals surface area contributed by atoms with Gasteiger partial charge in [-0.2, -0.15) is 0 Å². The first-order valence-electron chi connectivity index (χ1n) is 5.92. The molecule has 0 aliphatic carbocycles. The molecule has 1 aliphatic heterocycles. The maximum Gasteiger partial charge on any atom is 0.219 e. The Kier molecular flexibility index (Phi) is 3.44. The lowest BCUT2D eigenvalue weighted by Crippen LogP contribution is -2.23. The van der Waals surface area contributed by atoms with Crippen LogP contribution in [0, 0.1) is 0 Å². The summed E-state index contributed by atoms with van der Waals surface area (Å²) in [5.74, 6) is 0.112. The second kappa shape index (κ2) is 5.01. The molecule has 3 nitrogen and oxygen atoms in total. The van der Waals surface area contributed by atoms with Gasteiger partial charge in [0.2, 0.25) is 5.91 Å². The number of benzene rings is 1. The van der Waals surface area contributed by atoms with Gasteiger partial charge in [-0.15, -0.1) is 0 Å². The molecule has 1 heterocycles. The zero-order valence-corrected chi connectivity index (χ0v) is 9.68. The SMILES string of the molecule is CCC(=O)NCc1cccc2c1CCCN2. The molecule has 1 aromatic rings. The van der Waals surface area contributed by atoms with E-state index < -0.39 is 0 Å². The molecule has 3 heteroatoms. The molecule has 1 aliphatic rings. The van der Waals surface area contributed by atoms with Crippen molar-refractivity contribution < 1.29 is 4.79 Å². The van der Waals surface area contributed by atoms with Crippen LogP contribution < -0.4 is 10.6 Å². The van der Waals surface area contributed by atoms with Crippen LogP contribution in [-0.4, -0.2) is 12.5 Å². The summed E-state index contributed by atoms with van der Waals surface area (Å²) in [7, 11) is 0. The van der Waals surface area contributed by atoms with E-state index in [2.05, 4.69) is 22.8 Å². The zero-order valence-electron chi connectivity index (χ0n) is 9.68. The van der Waals surface area contributed by atoms with Crippen molar-refractivity contribution >= 4 is 11.6 Å². The summed E-state index contributed by atoms with van der Waals surface area (Å²) >= 11 is 0. The summed E-state index contributed by atoms with van der Waals surface area (Å²) in [6.45, 7) is 3.58. The molecular weight excluding hydrogens is 200 g/mol. The van der Waals surface area contributed by atoms with E-state index >= 15 is 0 Å². The van der Waals surface area contributed by atoms with E-state index in [0.29, 0.717) is 13.0 Å². The molecule has 86 valence electrons. The molecule has 0 bridgehead atoms. The number of carbonyl (C=O) groups excluding carboxylic acids is 1. The van der Waals surface area contributed by atoms with Gasteiger partial charge in [0.05, 0.1) is 0 Å². The Hall–Kier alpha value is -1.51. The topological polar surface area (TPSA) is 41.1 Å². The van der Waals surface area contributed by atoms with Crippen molar-refractivity contribution in [2.45, 2.75) is 32.7 Å². The molecule has 1 aromatic carbocycles. The van der Waals surface area contributed by atoms with Crippen LogP contribution in [0.4, 0.5) is 5.69 Å². The zero-order chi connectivity index (χ0) is 11.4. The van der Waals surface area contributed by atoms with E-state index in [4.69, 9.17) is 0 Å². The number of rotatable bonds is 3. The van der Waals surface area contributed by atoms with Gasteiger partial charge in [-0.1, -0.05) is 19.1 Å². The number of nitrogens with one attached hydrogen (secondary N) is 2. The number of fused-ring (bicyclic) bond motifs is 1. The third kappa shape index (κ3) is 2.35. The van der Waals surface area contributed by atoms with Gasteiger partial charge in [0, 0.05) is 25.2 Å². The Morgan fingerprint density at radius 2 is 2.38 bits per heavy atom. The fraction of sp³-hybridized carbons (Fsp3) is 0.462. The summed E-state index contributed by atoms with van der Waals surface area (Å²) in [5, 5.41) is 6.32. The highest BCUT2D eigenvalue weighted by Gasteiger charge is 2.12. The third-order valence-corrected chi connectivity index (χ3v) is 2.99. The lowest BCUT2D eigenvalue weighted by Gasteiger charge is -2.21. The Bertz CT molecular complexity index is 388. The lowest BCUT2D eigenvalue weighted by atomic mass is 9.97. The van der Waals surface area contributed by atoms with Crippen LogP contribution in [0.15, 0.2) is 18.2 Å². The third-order valence-electron chi connectivity index (χ3n) is 2.99. The number of anilines is 1. The van der Waals surface area contributed by atoms with Gasteiger partial charge in [0.1, 0.15) is 0 Å². The van der Waals surface area contributed by atoms with Crippen molar-refractivity contribution in [2.75, 3.05) is 11.9 Å². The maximum absolute atomic E-state index is 11.2. The highest BCUT2D eigenvalue weighted by molar-refractivity contribution is 5.75. The van der Waals surface area contributed by atoms with Crippen molar-refractivity contribution in [2.24, 2.45) is 0 Å². The molecule has 0 aromatic heterocycles. The summed E-state index contributed by atoms with van der Waals surface area (Å²) in [6, 6.07) is 6.26. The van der Waals surface area contributed by atoms with E-state index in [1.165, 1.54) is 23.2 Å². The Morgan fingerprint density at radius 1 is 1.50 bits per heavy atom. The van der Waals surface area contributed by atoms with Crippen LogP contribution in [0.25, 0.3) is 0 Å². The highest BCUT2D eigenvalue weighted by Crippen LogP contribution is 2.25. The minimum absolute atomic E-state index is 0.112. The Labute approximate surface area is 96.2 Å². The predicted molar refractivity (Wildman–Crippen MR) is 65.4 cm³/mol. The standard InChI is InChI=1S/C13H18N2O/c1-2-13(16)15-9-10-5-3-7-12-11(10)6-4-8-14-12/h3,5,7,14H,2,4,6,8-9H2,1H3,(H,15,16). The number of amides is 1. The smallest absolute Gasteiger partial charge is 0.219 e. The molecule has 2 N–H and O–H groups in total. The second-order valence-corrected chi connectivity index (χ2v) is 4.10. The lowest BCUT2D eigenvalue weighted by molar-refractivity contribution is -0.120. The minimum atomic E-state index is 0.112. The van der Waals surface area contributed by atoms with Gasteiger partial charge in [-0.3, -0.25) is 4.79 Å². The van der Waals surface area contributed by atoms with Crippen LogP contribution in [0.2, 0.25) is 0 Å². The van der Waals surface area contributed by atoms with Crippen molar-refractivity contribution in [3.8, 4) is 0 Å². The van der Waals surface area contributed by atoms with Crippen LogP contribution in [0.5, 0.6) is 0 Å². The van der Waals surface area contributed by atoms with Crippen LogP contribution >= 0.6 is 0 Å². The molecule has 0 fully saturated rings. The molecule has 0 unspecified atom stereocenters. The van der Waals surface area contributed by atoms with Gasteiger partial charge in [0.15, 0.2) is 0 Å². The molecule has 1 amide bonds. The molecule has 0 atom stereocenters. The van der Waals surface area contributed by atoms with Gasteiger partial charge in [-0.25, -0.2) is 0 Å². The van der Waals surface area contributed by atoms with E-state index in [9.17, 15) is 4.79 Å². The van der Waals surface area contributed by atoms with Crippen LogP contribution in [-0.2, 0) is 17.8 Å². The summed E-state index contributed by atoms with van der Waals surface area (Å²) < 4.78 is 0. The van der Waals surface area contributed by atoms with Crippen molar-refractivity contribution in [3.05, 3.63) is 29.3 Å². The fourth-order valence-electron chi connectivity index (χ4n) is 2.07. The quantitative estimate of drug-likeness (QED) is 0.815. The first kappa shape index (κ1) is 11.0. The molecule has 2 rings (SSSR count). The normalized spacial score (nSPS) is 13.8. The first-order chi connectivity index (χ1) is 7.81. The molecule has 0 radical (unpaired) electrons. The maximum atomic E-state index is 11.2. The summed E-state index contributed by atoms with van der Waals surface area (Å²) in [4.78, 5) is 11.2.